The molecule has 0 aliphatic rings. The molecule has 0 aliphatic carbocycles. The third-order valence-electron chi connectivity index (χ3n) is 9.19. The van der Waals surface area contributed by atoms with Crippen molar-refractivity contribution in [2.45, 2.75) is 67.2 Å². The molecule has 1 aromatic carbocycles. The van der Waals surface area contributed by atoms with Crippen molar-refractivity contribution in [1.29, 1.82) is 0 Å². The van der Waals surface area contributed by atoms with Crippen LogP contribution in [0.5, 0.6) is 0 Å². The zero-order valence-corrected chi connectivity index (χ0v) is 33.9. The van der Waals surface area contributed by atoms with Crippen molar-refractivity contribution in [1.82, 2.24) is 23.3 Å². The first-order chi connectivity index (χ1) is 24.2. The fourth-order valence-electron chi connectivity index (χ4n) is 6.91. The van der Waals surface area contributed by atoms with Crippen LogP contribution in [-0.2, 0) is 26.3 Å². The van der Waals surface area contributed by atoms with Crippen molar-refractivity contribution in [3.63, 3.8) is 0 Å². The van der Waals surface area contributed by atoms with Gasteiger partial charge in [0.15, 0.2) is 0 Å². The molecule has 0 saturated heterocycles. The van der Waals surface area contributed by atoms with Crippen LogP contribution in [0.2, 0.25) is 0 Å². The number of hydrogen-bond donors (Lipinski definition) is 0. The molecule has 0 atom stereocenters. The third kappa shape index (κ3) is 5.17. The predicted molar refractivity (Wildman–Crippen MR) is 223 cm³/mol. The summed E-state index contributed by atoms with van der Waals surface area (Å²) in [5.41, 5.74) is 10.6. The summed E-state index contributed by atoms with van der Waals surface area (Å²) in [6.07, 6.45) is 3.72. The minimum atomic E-state index is 0.576. The number of benzene rings is 1. The summed E-state index contributed by atoms with van der Waals surface area (Å²) in [6, 6.07) is 9.33. The van der Waals surface area contributed by atoms with Crippen LogP contribution in [-0.4, -0.2) is 23.3 Å². The minimum Gasteiger partial charge on any atom is -0.341 e. The maximum atomic E-state index is 5.43. The van der Waals surface area contributed by atoms with Gasteiger partial charge in [0.25, 0.3) is 0 Å². The normalized spacial score (nSPS) is 12.4. The molecule has 8 aromatic heterocycles. The fourth-order valence-corrected chi connectivity index (χ4v) is 14.1. The molecular formula is C39H35N5S6. The summed E-state index contributed by atoms with van der Waals surface area (Å²) in [7, 11) is 2.22. The highest BCUT2D eigenvalue weighted by Crippen LogP contribution is 2.51. The summed E-state index contributed by atoms with van der Waals surface area (Å²) in [6.45, 7) is 13.4. The van der Waals surface area contributed by atoms with Gasteiger partial charge in [0.05, 0.1) is 53.1 Å². The van der Waals surface area contributed by atoms with E-state index in [1.165, 1.54) is 60.7 Å². The lowest BCUT2D eigenvalue weighted by Gasteiger charge is -2.13. The van der Waals surface area contributed by atoms with Crippen molar-refractivity contribution >= 4 is 130 Å². The van der Waals surface area contributed by atoms with Gasteiger partial charge in [-0.1, -0.05) is 53.4 Å². The topological polar surface area (TPSA) is 56.5 Å². The van der Waals surface area contributed by atoms with Crippen molar-refractivity contribution in [2.75, 3.05) is 0 Å². The van der Waals surface area contributed by atoms with E-state index in [0.29, 0.717) is 11.8 Å². The third-order valence-corrected chi connectivity index (χ3v) is 15.7. The molecule has 0 spiro atoms. The average molecular weight is 766 g/mol. The van der Waals surface area contributed by atoms with E-state index < -0.39 is 0 Å². The van der Waals surface area contributed by atoms with Gasteiger partial charge in [-0.05, 0) is 55.4 Å². The van der Waals surface area contributed by atoms with Gasteiger partial charge in [-0.2, -0.15) is 8.75 Å². The quantitative estimate of drug-likeness (QED) is 0.152. The molecule has 9 aromatic rings. The Hall–Kier alpha value is -3.24. The summed E-state index contributed by atoms with van der Waals surface area (Å²) in [4.78, 5) is 15.8. The lowest BCUT2D eigenvalue weighted by atomic mass is 10.0. The smallest absolute Gasteiger partial charge is 0.116 e. The molecular weight excluding hydrogens is 731 g/mol. The van der Waals surface area contributed by atoms with Gasteiger partial charge in [-0.25, -0.2) is 9.97 Å². The highest BCUT2D eigenvalue weighted by molar-refractivity contribution is 7.36. The van der Waals surface area contributed by atoms with Gasteiger partial charge in [0.1, 0.15) is 22.1 Å². The number of fused-ring (bicyclic) bond motifs is 8. The molecule has 0 fully saturated rings. The Balaban J connectivity index is 1.25. The Labute approximate surface area is 315 Å². The van der Waals surface area contributed by atoms with E-state index in [-0.39, 0.29) is 0 Å². The molecule has 0 amide bonds. The summed E-state index contributed by atoms with van der Waals surface area (Å²) in [5.74, 6) is 7.98. The summed E-state index contributed by atoms with van der Waals surface area (Å²) < 4.78 is 20.4. The number of aryl methyl sites for hydroxylation is 3. The van der Waals surface area contributed by atoms with Gasteiger partial charge in [-0.3, -0.25) is 0 Å². The van der Waals surface area contributed by atoms with Crippen LogP contribution >= 0.6 is 68.4 Å². The molecule has 50 heavy (non-hydrogen) atoms. The van der Waals surface area contributed by atoms with E-state index in [1.807, 2.05) is 34.0 Å². The number of aromatic nitrogens is 5. The molecule has 5 nitrogen and oxygen atoms in total. The molecule has 0 radical (unpaired) electrons. The first-order valence-corrected chi connectivity index (χ1v) is 22.0. The SMILES string of the molecule is CCc1nc2c(-c3cc4sc(C#CCC(C)C)cc4s3)c3nsnc3c(-c3cc4c(s3)c3sc5cc(CC(C)C)sc5c3n4C)c2nc1CC. The fraction of sp³-hybridized carbons (Fsp3) is 0.333. The van der Waals surface area contributed by atoms with Crippen LogP contribution in [0, 0.1) is 23.7 Å². The zero-order chi connectivity index (χ0) is 34.4. The van der Waals surface area contributed by atoms with Crippen LogP contribution in [0.1, 0.15) is 69.1 Å². The highest BCUT2D eigenvalue weighted by Gasteiger charge is 2.27. The van der Waals surface area contributed by atoms with Crippen molar-refractivity contribution < 1.29 is 0 Å². The zero-order valence-electron chi connectivity index (χ0n) is 29.0. The minimum absolute atomic E-state index is 0.576. The first kappa shape index (κ1) is 32.7. The maximum absolute atomic E-state index is 5.43. The van der Waals surface area contributed by atoms with Crippen LogP contribution < -0.4 is 0 Å². The monoisotopic (exact) mass is 765 g/mol. The number of nitrogens with zero attached hydrogens (tertiary/aromatic N) is 5. The van der Waals surface area contributed by atoms with Crippen molar-refractivity contribution in [2.24, 2.45) is 18.9 Å². The second kappa shape index (κ2) is 12.5. The predicted octanol–water partition coefficient (Wildman–Crippen LogP) is 12.9. The van der Waals surface area contributed by atoms with Crippen LogP contribution in [0.4, 0.5) is 0 Å². The molecule has 0 unspecified atom stereocenters. The van der Waals surface area contributed by atoms with Gasteiger partial charge in [-0.15, -0.1) is 56.7 Å². The Morgan fingerprint density at radius 1 is 0.680 bits per heavy atom. The van der Waals surface area contributed by atoms with E-state index in [9.17, 15) is 0 Å². The first-order valence-electron chi connectivity index (χ1n) is 17.2. The maximum Gasteiger partial charge on any atom is 0.116 e. The number of hydrogen-bond acceptors (Lipinski definition) is 10. The van der Waals surface area contributed by atoms with E-state index >= 15 is 0 Å². The molecule has 0 saturated carbocycles. The number of rotatable bonds is 7. The Kier molecular flexibility index (Phi) is 8.14. The van der Waals surface area contributed by atoms with Crippen LogP contribution in [0.15, 0.2) is 24.3 Å². The second-order valence-corrected chi connectivity index (χ2v) is 19.7. The number of thiophene rings is 5. The van der Waals surface area contributed by atoms with E-state index in [0.717, 1.165) is 80.0 Å². The molecule has 252 valence electrons. The summed E-state index contributed by atoms with van der Waals surface area (Å²) >= 11 is 10.6. The Morgan fingerprint density at radius 3 is 2.00 bits per heavy atom. The summed E-state index contributed by atoms with van der Waals surface area (Å²) in [5, 5.41) is 0. The average Bonchev–Trinajstić information content (AvgIpc) is 3.92. The van der Waals surface area contributed by atoms with Crippen LogP contribution in [0.25, 0.3) is 82.2 Å². The molecule has 9 rings (SSSR count). The lowest BCUT2D eigenvalue weighted by Crippen LogP contribution is -2.03. The van der Waals surface area contributed by atoms with E-state index in [2.05, 4.69) is 89.3 Å². The largest absolute Gasteiger partial charge is 0.341 e. The lowest BCUT2D eigenvalue weighted by molar-refractivity contribution is 0.654. The van der Waals surface area contributed by atoms with Gasteiger partial charge >= 0.3 is 0 Å². The molecule has 0 N–H and O–H groups in total. The Bertz CT molecular complexity index is 2800. The van der Waals surface area contributed by atoms with E-state index in [4.69, 9.17) is 18.7 Å². The standard InChI is InChI=1S/C39H35N5S6/c1-8-22-23(9-2)41-33-31(28-17-26-25(47-28)14-20(45-26)12-10-11-18(3)4)35-34(42-50-43-35)30(32(33)40-22)27-16-24-37(48-27)39-36(44(24)7)38-29(49-39)15-21(46-38)13-19(5)6/h14-19H,8-9,11,13H2,1-7H3. The molecule has 0 bridgehead atoms. The highest BCUT2D eigenvalue weighted by atomic mass is 32.1. The van der Waals surface area contributed by atoms with Crippen molar-refractivity contribution in [3.8, 4) is 32.7 Å². The second-order valence-electron chi connectivity index (χ2n) is 13.8. The molecule has 8 heterocycles. The molecule has 0 aliphatic heterocycles. The molecule has 11 heteroatoms. The Morgan fingerprint density at radius 2 is 1.36 bits per heavy atom. The van der Waals surface area contributed by atoms with Gasteiger partial charge < -0.3 is 4.57 Å². The van der Waals surface area contributed by atoms with E-state index in [1.54, 1.807) is 22.7 Å². The van der Waals surface area contributed by atoms with Gasteiger partial charge in [0, 0.05) is 53.3 Å². The van der Waals surface area contributed by atoms with Crippen molar-refractivity contribution in [3.05, 3.63) is 45.4 Å². The van der Waals surface area contributed by atoms with Crippen LogP contribution in [0.3, 0.4) is 0 Å². The van der Waals surface area contributed by atoms with Gasteiger partial charge in [0.2, 0.25) is 0 Å².